The molecule has 6 rings (SSSR count). The van der Waals surface area contributed by atoms with E-state index in [-0.39, 0.29) is 11.8 Å². The molecule has 2 N–H and O–H groups in total. The first kappa shape index (κ1) is 28.4. The largest absolute Gasteiger partial charge is 0.340 e. The quantitative estimate of drug-likeness (QED) is 0.194. The van der Waals surface area contributed by atoms with E-state index >= 15 is 0 Å². The molecule has 3 heterocycles. The van der Waals surface area contributed by atoms with Crippen molar-refractivity contribution in [1.29, 1.82) is 0 Å². The lowest BCUT2D eigenvalue weighted by atomic mass is 9.99. The van der Waals surface area contributed by atoms with Crippen LogP contribution in [0.4, 0.5) is 5.82 Å². The molecule has 0 saturated heterocycles. The van der Waals surface area contributed by atoms with Gasteiger partial charge >= 0.3 is 0 Å². The van der Waals surface area contributed by atoms with Crippen molar-refractivity contribution in [2.75, 3.05) is 5.32 Å². The van der Waals surface area contributed by atoms with Gasteiger partial charge in [0, 0.05) is 28.9 Å². The number of nitrogens with zero attached hydrogens (tertiary/aromatic N) is 3. The Labute approximate surface area is 256 Å². The highest BCUT2D eigenvalue weighted by atomic mass is 16.2. The lowest BCUT2D eigenvalue weighted by Gasteiger charge is -2.19. The summed E-state index contributed by atoms with van der Waals surface area (Å²) in [6.07, 6.45) is 3.40. The summed E-state index contributed by atoms with van der Waals surface area (Å²) in [4.78, 5) is 40.4. The molecular formula is C37H31N5O2. The molecule has 7 nitrogen and oxygen atoms in total. The second-order valence-electron chi connectivity index (χ2n) is 10.8. The molecule has 44 heavy (non-hydrogen) atoms. The number of hydrogen-bond donors (Lipinski definition) is 2. The van der Waals surface area contributed by atoms with Crippen LogP contribution in [0.2, 0.25) is 0 Å². The summed E-state index contributed by atoms with van der Waals surface area (Å²) in [6, 6.07) is 35.5. The molecule has 0 aliphatic carbocycles. The minimum Gasteiger partial charge on any atom is -0.340 e. The summed E-state index contributed by atoms with van der Waals surface area (Å²) >= 11 is 0. The Morgan fingerprint density at radius 1 is 0.682 bits per heavy atom. The fourth-order valence-corrected chi connectivity index (χ4v) is 5.10. The van der Waals surface area contributed by atoms with Crippen LogP contribution >= 0.6 is 0 Å². The minimum absolute atomic E-state index is 0.227. The van der Waals surface area contributed by atoms with Gasteiger partial charge in [-0.15, -0.1) is 0 Å². The van der Waals surface area contributed by atoms with Crippen molar-refractivity contribution in [3.8, 4) is 11.3 Å². The van der Waals surface area contributed by atoms with Crippen LogP contribution in [0, 0.1) is 0 Å². The van der Waals surface area contributed by atoms with Crippen molar-refractivity contribution in [3.63, 3.8) is 0 Å². The van der Waals surface area contributed by atoms with Crippen LogP contribution in [0.15, 0.2) is 128 Å². The van der Waals surface area contributed by atoms with Gasteiger partial charge in [-0.3, -0.25) is 19.6 Å². The number of aromatic nitrogens is 3. The van der Waals surface area contributed by atoms with Gasteiger partial charge in [0.05, 0.1) is 28.5 Å². The number of carbonyl (C=O) groups is 2. The zero-order chi connectivity index (χ0) is 30.5. The van der Waals surface area contributed by atoms with Gasteiger partial charge in [0.25, 0.3) is 11.8 Å². The lowest BCUT2D eigenvalue weighted by Crippen LogP contribution is -2.29. The fourth-order valence-electron chi connectivity index (χ4n) is 5.10. The van der Waals surface area contributed by atoms with E-state index in [1.54, 1.807) is 48.8 Å². The van der Waals surface area contributed by atoms with Gasteiger partial charge in [0.1, 0.15) is 5.82 Å². The first-order valence-electron chi connectivity index (χ1n) is 14.5. The van der Waals surface area contributed by atoms with Crippen LogP contribution in [0.1, 0.15) is 63.3 Å². The van der Waals surface area contributed by atoms with Crippen LogP contribution in [0.3, 0.4) is 0 Å². The number of pyridine rings is 3. The van der Waals surface area contributed by atoms with Crippen molar-refractivity contribution in [2.45, 2.75) is 25.8 Å². The maximum Gasteiger partial charge on any atom is 0.259 e. The van der Waals surface area contributed by atoms with Gasteiger partial charge in [-0.1, -0.05) is 74.5 Å². The summed E-state index contributed by atoms with van der Waals surface area (Å²) < 4.78 is 0. The van der Waals surface area contributed by atoms with Crippen LogP contribution in [0.5, 0.6) is 0 Å². The number of hydrogen-bond acceptors (Lipinski definition) is 5. The standard InChI is InChI=1S/C37H31N5O2/c1-24(2)25-13-15-27(16-14-25)34-30(11-8-22-39-34)37(44)41-33-20-18-28-23-29(17-19-31(28)40-33)36(43)42-35(26-9-4-3-5-10-26)32-12-6-7-21-38-32/h3-24,35H,1-2H3,(H,42,43)(H,40,41,44)/t35-/m0/s1. The van der Waals surface area contributed by atoms with Crippen molar-refractivity contribution in [2.24, 2.45) is 0 Å². The zero-order valence-corrected chi connectivity index (χ0v) is 24.4. The molecule has 0 spiro atoms. The van der Waals surface area contributed by atoms with Crippen LogP contribution in [-0.2, 0) is 0 Å². The number of anilines is 1. The van der Waals surface area contributed by atoms with Gasteiger partial charge in [-0.25, -0.2) is 4.98 Å². The average Bonchev–Trinajstić information content (AvgIpc) is 3.07. The van der Waals surface area contributed by atoms with E-state index < -0.39 is 6.04 Å². The number of benzene rings is 3. The van der Waals surface area contributed by atoms with Gasteiger partial charge < -0.3 is 10.6 Å². The highest BCUT2D eigenvalue weighted by molar-refractivity contribution is 6.08. The first-order chi connectivity index (χ1) is 21.5. The van der Waals surface area contributed by atoms with Crippen LogP contribution in [-0.4, -0.2) is 26.8 Å². The van der Waals surface area contributed by atoms with E-state index in [0.29, 0.717) is 34.1 Å². The average molecular weight is 578 g/mol. The molecule has 0 unspecified atom stereocenters. The molecule has 3 aromatic carbocycles. The Bertz CT molecular complexity index is 1880. The van der Waals surface area contributed by atoms with Gasteiger partial charge in [-0.05, 0) is 71.6 Å². The SMILES string of the molecule is CC(C)c1ccc(-c2ncccc2C(=O)Nc2ccc3cc(C(=O)N[C@@H](c4ccccc4)c4ccccn4)ccc3n2)cc1. The van der Waals surface area contributed by atoms with E-state index in [0.717, 1.165) is 22.2 Å². The van der Waals surface area contributed by atoms with Crippen molar-refractivity contribution >= 4 is 28.5 Å². The summed E-state index contributed by atoms with van der Waals surface area (Å²) in [5.41, 5.74) is 5.99. The number of rotatable bonds is 8. The Kier molecular flexibility index (Phi) is 8.19. The molecule has 3 aromatic heterocycles. The molecule has 2 amide bonds. The second kappa shape index (κ2) is 12.7. The van der Waals surface area contributed by atoms with Crippen LogP contribution in [0.25, 0.3) is 22.2 Å². The molecule has 216 valence electrons. The van der Waals surface area contributed by atoms with Crippen LogP contribution < -0.4 is 10.6 Å². The number of nitrogens with one attached hydrogen (secondary N) is 2. The van der Waals surface area contributed by atoms with Crippen molar-refractivity contribution in [1.82, 2.24) is 20.3 Å². The van der Waals surface area contributed by atoms with Gasteiger partial charge in [-0.2, -0.15) is 0 Å². The Balaban J connectivity index is 1.20. The predicted molar refractivity (Wildman–Crippen MR) is 173 cm³/mol. The van der Waals surface area contributed by atoms with E-state index in [4.69, 9.17) is 0 Å². The molecule has 0 aliphatic rings. The van der Waals surface area contributed by atoms with Crippen molar-refractivity contribution in [3.05, 3.63) is 156 Å². The Morgan fingerprint density at radius 3 is 2.20 bits per heavy atom. The second-order valence-corrected chi connectivity index (χ2v) is 10.8. The van der Waals surface area contributed by atoms with Gasteiger partial charge in [0.15, 0.2) is 0 Å². The topological polar surface area (TPSA) is 96.9 Å². The molecular weight excluding hydrogens is 546 g/mol. The number of carbonyl (C=O) groups excluding carboxylic acids is 2. The summed E-state index contributed by atoms with van der Waals surface area (Å²) in [5, 5.41) is 6.82. The third kappa shape index (κ3) is 6.22. The van der Waals surface area contributed by atoms with Crippen molar-refractivity contribution < 1.29 is 9.59 Å². The van der Waals surface area contributed by atoms with E-state index in [1.165, 1.54) is 5.56 Å². The highest BCUT2D eigenvalue weighted by Crippen LogP contribution is 2.26. The number of amides is 2. The smallest absolute Gasteiger partial charge is 0.259 e. The third-order valence-corrected chi connectivity index (χ3v) is 7.49. The monoisotopic (exact) mass is 577 g/mol. The molecule has 0 bridgehead atoms. The number of fused-ring (bicyclic) bond motifs is 1. The van der Waals surface area contributed by atoms with E-state index in [1.807, 2.05) is 66.7 Å². The van der Waals surface area contributed by atoms with E-state index in [9.17, 15) is 9.59 Å². The normalized spacial score (nSPS) is 11.7. The lowest BCUT2D eigenvalue weighted by molar-refractivity contribution is 0.0941. The summed E-state index contributed by atoms with van der Waals surface area (Å²) in [5.74, 6) is 0.293. The van der Waals surface area contributed by atoms with E-state index in [2.05, 4.69) is 51.6 Å². The maximum absolute atomic E-state index is 13.4. The fraction of sp³-hybridized carbons (Fsp3) is 0.108. The molecule has 0 saturated carbocycles. The minimum atomic E-state index is -0.401. The maximum atomic E-state index is 13.4. The molecule has 1 atom stereocenters. The Morgan fingerprint density at radius 2 is 1.45 bits per heavy atom. The molecule has 0 fully saturated rings. The highest BCUT2D eigenvalue weighted by Gasteiger charge is 2.20. The molecule has 7 heteroatoms. The molecule has 6 aromatic rings. The third-order valence-electron chi connectivity index (χ3n) is 7.49. The predicted octanol–water partition coefficient (Wildman–Crippen LogP) is 7.59. The molecule has 0 radical (unpaired) electrons. The molecule has 0 aliphatic heterocycles. The zero-order valence-electron chi connectivity index (χ0n) is 24.4. The van der Waals surface area contributed by atoms with Gasteiger partial charge in [0.2, 0.25) is 0 Å². The Hall–Kier alpha value is -5.69. The summed E-state index contributed by atoms with van der Waals surface area (Å²) in [7, 11) is 0. The first-order valence-corrected chi connectivity index (χ1v) is 14.5. The summed E-state index contributed by atoms with van der Waals surface area (Å²) in [6.45, 7) is 4.29.